The molecule has 0 aliphatic carbocycles. The number of hydrogen-bond acceptors (Lipinski definition) is 5. The average molecular weight is 247 g/mol. The Balaban J connectivity index is 1.95. The Bertz CT molecular complexity index is 538. The fourth-order valence-corrected chi connectivity index (χ4v) is 1.56. The molecule has 1 heterocycles. The Morgan fingerprint density at radius 3 is 2.94 bits per heavy atom. The molecular weight excluding hydrogens is 234 g/mol. The number of hydrogen-bond donors (Lipinski definition) is 2. The van der Waals surface area contributed by atoms with Gasteiger partial charge in [0, 0.05) is 37.6 Å². The van der Waals surface area contributed by atoms with Crippen molar-refractivity contribution in [2.45, 2.75) is 6.54 Å². The van der Waals surface area contributed by atoms with Crippen LogP contribution in [0.3, 0.4) is 0 Å². The first-order valence-electron chi connectivity index (χ1n) is 5.40. The predicted octanol–water partition coefficient (Wildman–Crippen LogP) is 1.49. The van der Waals surface area contributed by atoms with Gasteiger partial charge in [0.15, 0.2) is 0 Å². The molecule has 1 aromatic heterocycles. The lowest BCUT2D eigenvalue weighted by molar-refractivity contribution is -0.384. The number of nitrogens with two attached hydrogens (primary N) is 1. The van der Waals surface area contributed by atoms with Crippen molar-refractivity contribution in [3.8, 4) is 0 Å². The predicted molar refractivity (Wildman–Crippen MR) is 68.2 cm³/mol. The van der Waals surface area contributed by atoms with E-state index in [9.17, 15) is 10.1 Å². The minimum absolute atomic E-state index is 0.00680. The SMILES string of the molecule is Nc1cc([N+](=O)[O-])ccc1NCCn1ccnc1. The zero-order valence-electron chi connectivity index (χ0n) is 9.61. The molecule has 0 amide bonds. The number of nitro benzene ring substituents is 1. The molecular formula is C11H13N5O2. The smallest absolute Gasteiger partial charge is 0.271 e. The highest BCUT2D eigenvalue weighted by Gasteiger charge is 2.07. The Kier molecular flexibility index (Phi) is 3.42. The minimum Gasteiger partial charge on any atom is -0.397 e. The van der Waals surface area contributed by atoms with E-state index in [1.54, 1.807) is 18.6 Å². The second-order valence-electron chi connectivity index (χ2n) is 3.76. The average Bonchev–Trinajstić information content (AvgIpc) is 2.84. The monoisotopic (exact) mass is 247 g/mol. The van der Waals surface area contributed by atoms with Crippen LogP contribution in [0.15, 0.2) is 36.9 Å². The van der Waals surface area contributed by atoms with Crippen molar-refractivity contribution < 1.29 is 4.92 Å². The summed E-state index contributed by atoms with van der Waals surface area (Å²) in [7, 11) is 0. The van der Waals surface area contributed by atoms with Crippen molar-refractivity contribution in [2.24, 2.45) is 0 Å². The molecule has 0 bridgehead atoms. The molecule has 0 aliphatic rings. The van der Waals surface area contributed by atoms with Gasteiger partial charge in [0.05, 0.1) is 22.6 Å². The standard InChI is InChI=1S/C11H13N5O2/c12-10-7-9(16(17)18)1-2-11(10)14-4-6-15-5-3-13-8-15/h1-3,5,7-8,14H,4,6,12H2. The summed E-state index contributed by atoms with van der Waals surface area (Å²) in [6, 6.07) is 4.39. The summed E-state index contributed by atoms with van der Waals surface area (Å²) in [5, 5.41) is 13.7. The number of rotatable bonds is 5. The highest BCUT2D eigenvalue weighted by atomic mass is 16.6. The number of nitrogens with one attached hydrogen (secondary N) is 1. The van der Waals surface area contributed by atoms with E-state index in [1.165, 1.54) is 12.1 Å². The molecule has 2 rings (SSSR count). The van der Waals surface area contributed by atoms with Crippen molar-refractivity contribution in [3.05, 3.63) is 47.0 Å². The zero-order valence-corrected chi connectivity index (χ0v) is 9.61. The molecule has 0 saturated carbocycles. The summed E-state index contributed by atoms with van der Waals surface area (Å²) >= 11 is 0. The van der Waals surface area contributed by atoms with Crippen LogP contribution in [0.1, 0.15) is 0 Å². The largest absolute Gasteiger partial charge is 0.397 e. The number of nitro groups is 1. The normalized spacial score (nSPS) is 10.2. The third-order valence-electron chi connectivity index (χ3n) is 2.49. The minimum atomic E-state index is -0.467. The third-order valence-corrected chi connectivity index (χ3v) is 2.49. The molecule has 0 aliphatic heterocycles. The van der Waals surface area contributed by atoms with Crippen LogP contribution < -0.4 is 11.1 Å². The number of aromatic nitrogens is 2. The van der Waals surface area contributed by atoms with E-state index in [1.807, 2.05) is 10.8 Å². The van der Waals surface area contributed by atoms with E-state index < -0.39 is 4.92 Å². The molecule has 3 N–H and O–H groups in total. The summed E-state index contributed by atoms with van der Waals surface area (Å²) in [4.78, 5) is 14.0. The second-order valence-corrected chi connectivity index (χ2v) is 3.76. The van der Waals surface area contributed by atoms with Crippen molar-refractivity contribution in [1.82, 2.24) is 9.55 Å². The van der Waals surface area contributed by atoms with Crippen molar-refractivity contribution in [2.75, 3.05) is 17.6 Å². The van der Waals surface area contributed by atoms with Gasteiger partial charge in [-0.1, -0.05) is 0 Å². The zero-order chi connectivity index (χ0) is 13.0. The van der Waals surface area contributed by atoms with Gasteiger partial charge in [-0.25, -0.2) is 4.98 Å². The van der Waals surface area contributed by atoms with Gasteiger partial charge in [-0.2, -0.15) is 0 Å². The van der Waals surface area contributed by atoms with Crippen LogP contribution in [-0.2, 0) is 6.54 Å². The fourth-order valence-electron chi connectivity index (χ4n) is 1.56. The van der Waals surface area contributed by atoms with Gasteiger partial charge in [0.2, 0.25) is 0 Å². The maximum absolute atomic E-state index is 10.6. The van der Waals surface area contributed by atoms with Gasteiger partial charge < -0.3 is 15.6 Å². The molecule has 7 nitrogen and oxygen atoms in total. The maximum Gasteiger partial charge on any atom is 0.271 e. The number of nitrogens with zero attached hydrogens (tertiary/aromatic N) is 3. The summed E-state index contributed by atoms with van der Waals surface area (Å²) in [5.74, 6) is 0. The van der Waals surface area contributed by atoms with E-state index in [-0.39, 0.29) is 5.69 Å². The van der Waals surface area contributed by atoms with Crippen LogP contribution in [0, 0.1) is 10.1 Å². The Labute approximate surface area is 103 Å². The number of non-ortho nitro benzene ring substituents is 1. The molecule has 0 saturated heterocycles. The lowest BCUT2D eigenvalue weighted by atomic mass is 10.2. The van der Waals surface area contributed by atoms with Crippen LogP contribution >= 0.6 is 0 Å². The Morgan fingerprint density at radius 1 is 1.50 bits per heavy atom. The van der Waals surface area contributed by atoms with E-state index in [0.717, 1.165) is 6.54 Å². The molecule has 0 fully saturated rings. The number of anilines is 2. The molecule has 1 aromatic carbocycles. The maximum atomic E-state index is 10.6. The van der Waals surface area contributed by atoms with E-state index >= 15 is 0 Å². The van der Waals surface area contributed by atoms with E-state index in [4.69, 9.17) is 5.73 Å². The van der Waals surface area contributed by atoms with Gasteiger partial charge in [-0.3, -0.25) is 10.1 Å². The molecule has 7 heteroatoms. The Morgan fingerprint density at radius 2 is 2.33 bits per heavy atom. The first-order chi connectivity index (χ1) is 8.66. The molecule has 18 heavy (non-hydrogen) atoms. The van der Waals surface area contributed by atoms with Crippen LogP contribution in [0.4, 0.5) is 17.1 Å². The molecule has 0 unspecified atom stereocenters. The van der Waals surface area contributed by atoms with Gasteiger partial charge >= 0.3 is 0 Å². The van der Waals surface area contributed by atoms with Crippen LogP contribution in [0.25, 0.3) is 0 Å². The molecule has 0 atom stereocenters. The van der Waals surface area contributed by atoms with Crippen LogP contribution in [-0.4, -0.2) is 21.0 Å². The topological polar surface area (TPSA) is 99.0 Å². The number of benzene rings is 1. The molecule has 0 spiro atoms. The van der Waals surface area contributed by atoms with Crippen LogP contribution in [0.5, 0.6) is 0 Å². The van der Waals surface area contributed by atoms with Crippen molar-refractivity contribution >= 4 is 17.1 Å². The van der Waals surface area contributed by atoms with Gasteiger partial charge in [0.1, 0.15) is 0 Å². The van der Waals surface area contributed by atoms with Crippen LogP contribution in [0.2, 0.25) is 0 Å². The molecule has 0 radical (unpaired) electrons. The Hall–Kier alpha value is -2.57. The van der Waals surface area contributed by atoms with Gasteiger partial charge in [-0.05, 0) is 6.07 Å². The van der Waals surface area contributed by atoms with Crippen molar-refractivity contribution in [1.29, 1.82) is 0 Å². The fraction of sp³-hybridized carbons (Fsp3) is 0.182. The lowest BCUT2D eigenvalue weighted by Crippen LogP contribution is -2.10. The van der Waals surface area contributed by atoms with E-state index in [0.29, 0.717) is 17.9 Å². The molecule has 2 aromatic rings. The second kappa shape index (κ2) is 5.17. The highest BCUT2D eigenvalue weighted by Crippen LogP contribution is 2.23. The van der Waals surface area contributed by atoms with Gasteiger partial charge in [-0.15, -0.1) is 0 Å². The molecule has 94 valence electrons. The first kappa shape index (κ1) is 11.9. The first-order valence-corrected chi connectivity index (χ1v) is 5.40. The number of imidazole rings is 1. The third kappa shape index (κ3) is 2.76. The van der Waals surface area contributed by atoms with Gasteiger partial charge in [0.25, 0.3) is 5.69 Å². The highest BCUT2D eigenvalue weighted by molar-refractivity contribution is 5.69. The summed E-state index contributed by atoms with van der Waals surface area (Å²) in [5.41, 5.74) is 6.79. The summed E-state index contributed by atoms with van der Waals surface area (Å²) < 4.78 is 1.93. The van der Waals surface area contributed by atoms with Crippen molar-refractivity contribution in [3.63, 3.8) is 0 Å². The quantitative estimate of drug-likeness (QED) is 0.473. The van der Waals surface area contributed by atoms with E-state index in [2.05, 4.69) is 10.3 Å². The summed E-state index contributed by atoms with van der Waals surface area (Å²) in [6.45, 7) is 1.41. The summed E-state index contributed by atoms with van der Waals surface area (Å²) in [6.07, 6.45) is 5.29. The number of nitrogen functional groups attached to an aromatic ring is 1. The lowest BCUT2D eigenvalue weighted by Gasteiger charge is -2.09.